The monoisotopic (exact) mass is 561 g/mol. The molecule has 4 atom stereocenters. The van der Waals surface area contributed by atoms with Gasteiger partial charge in [-0.1, -0.05) is 32.1 Å². The van der Waals surface area contributed by atoms with E-state index in [4.69, 9.17) is 10.5 Å². The van der Waals surface area contributed by atoms with Crippen molar-refractivity contribution >= 4 is 29.1 Å². The Kier molecular flexibility index (Phi) is 11.2. The van der Waals surface area contributed by atoms with Crippen molar-refractivity contribution in [3.8, 4) is 0 Å². The molecular formula is C30H47N3O5S. The van der Waals surface area contributed by atoms with Crippen LogP contribution < -0.4 is 5.73 Å². The number of hydrogen-bond donors (Lipinski definition) is 2. The minimum absolute atomic E-state index is 0.296. The van der Waals surface area contributed by atoms with Crippen molar-refractivity contribution in [2.24, 2.45) is 29.4 Å². The number of primary amides is 1. The van der Waals surface area contributed by atoms with Crippen LogP contribution in [0.15, 0.2) is 5.38 Å². The van der Waals surface area contributed by atoms with Gasteiger partial charge in [-0.25, -0.2) is 4.98 Å². The van der Waals surface area contributed by atoms with Gasteiger partial charge in [-0.2, -0.15) is 0 Å². The second-order valence-electron chi connectivity index (χ2n) is 12.2. The Morgan fingerprint density at radius 1 is 1.10 bits per heavy atom. The minimum Gasteiger partial charge on any atom is -0.481 e. The first-order chi connectivity index (χ1) is 18.9. The summed E-state index contributed by atoms with van der Waals surface area (Å²) in [6.45, 7) is 0.506. The minimum atomic E-state index is -0.699. The van der Waals surface area contributed by atoms with E-state index in [-0.39, 0.29) is 5.92 Å². The molecule has 4 rings (SSSR count). The van der Waals surface area contributed by atoms with Gasteiger partial charge in [0.05, 0.1) is 11.6 Å². The van der Waals surface area contributed by atoms with Crippen molar-refractivity contribution in [1.82, 2.24) is 9.88 Å². The van der Waals surface area contributed by atoms with Gasteiger partial charge in [0, 0.05) is 37.6 Å². The smallest absolute Gasteiger partial charge is 0.306 e. The summed E-state index contributed by atoms with van der Waals surface area (Å²) in [6, 6.07) is 0.817. The maximum atomic E-state index is 12.7. The van der Waals surface area contributed by atoms with Gasteiger partial charge in [-0.15, -0.1) is 11.3 Å². The largest absolute Gasteiger partial charge is 0.481 e. The number of aromatic nitrogens is 1. The fourth-order valence-corrected chi connectivity index (χ4v) is 8.01. The first kappa shape index (κ1) is 30.0. The van der Waals surface area contributed by atoms with Crippen LogP contribution in [0.4, 0.5) is 0 Å². The quantitative estimate of drug-likeness (QED) is 0.230. The number of carboxylic acid groups (broad SMARTS) is 1. The number of thiazole rings is 1. The molecule has 3 N–H and O–H groups in total. The number of rotatable bonds is 14. The molecule has 1 aromatic heterocycles. The summed E-state index contributed by atoms with van der Waals surface area (Å²) in [7, 11) is 1.62. The van der Waals surface area contributed by atoms with Crippen molar-refractivity contribution in [1.29, 1.82) is 0 Å². The van der Waals surface area contributed by atoms with E-state index in [1.165, 1.54) is 43.4 Å². The molecule has 2 heterocycles. The summed E-state index contributed by atoms with van der Waals surface area (Å²) in [6.07, 6.45) is 16.7. The summed E-state index contributed by atoms with van der Waals surface area (Å²) in [5, 5.41) is 11.8. The third-order valence-electron chi connectivity index (χ3n) is 9.67. The Morgan fingerprint density at radius 2 is 1.85 bits per heavy atom. The Labute approximate surface area is 237 Å². The van der Waals surface area contributed by atoms with Gasteiger partial charge in [-0.05, 0) is 82.0 Å². The van der Waals surface area contributed by atoms with E-state index in [2.05, 4.69) is 9.88 Å². The Bertz CT molecular complexity index is 960. The number of nitrogens with zero attached hydrogens (tertiary/aromatic N) is 2. The molecule has 0 spiro atoms. The second kappa shape index (κ2) is 14.6. The fraction of sp³-hybridized carbons (Fsp3) is 0.800. The standard InChI is InChI=1S/C30H47N3O5S/c1-38-17-16-23(30(36)37)7-3-5-20-4-2-6-22(12-8-20)26-18-27(34)33(26)25-14-10-21(11-15-25)9-13-24-19-39-29(32-24)28(31)35/h19-23,25-26H,2-18H2,1H3,(H2,31,35)(H,36,37). The van der Waals surface area contributed by atoms with E-state index < -0.39 is 11.9 Å². The predicted octanol–water partition coefficient (Wildman–Crippen LogP) is 5.44. The number of β-lactam (4-membered cyclic amide) rings is 1. The van der Waals surface area contributed by atoms with Crippen molar-refractivity contribution in [3.05, 3.63) is 16.1 Å². The molecule has 0 aromatic carbocycles. The number of aryl methyl sites for hydroxylation is 1. The summed E-state index contributed by atoms with van der Waals surface area (Å²) in [5.74, 6) is 0.855. The van der Waals surface area contributed by atoms with Gasteiger partial charge >= 0.3 is 5.97 Å². The molecule has 0 radical (unpaired) electrons. The van der Waals surface area contributed by atoms with E-state index in [0.29, 0.717) is 53.8 Å². The molecule has 1 aromatic rings. The zero-order valence-corrected chi connectivity index (χ0v) is 24.3. The average molecular weight is 562 g/mol. The first-order valence-electron chi connectivity index (χ1n) is 15.1. The van der Waals surface area contributed by atoms with Crippen molar-refractivity contribution in [2.75, 3.05) is 13.7 Å². The van der Waals surface area contributed by atoms with Crippen LogP contribution in [0.5, 0.6) is 0 Å². The zero-order valence-electron chi connectivity index (χ0n) is 23.5. The normalized spacial score (nSPS) is 28.5. The number of carbonyl (C=O) groups is 3. The fourth-order valence-electron chi connectivity index (χ4n) is 7.31. The number of aliphatic carboxylic acids is 1. The molecule has 2 amide bonds. The highest BCUT2D eigenvalue weighted by Gasteiger charge is 2.45. The van der Waals surface area contributed by atoms with Crippen molar-refractivity contribution in [3.63, 3.8) is 0 Å². The molecule has 3 aliphatic rings. The van der Waals surface area contributed by atoms with Crippen molar-refractivity contribution in [2.45, 2.75) is 115 Å². The van der Waals surface area contributed by atoms with Gasteiger partial charge in [0.2, 0.25) is 5.91 Å². The number of ether oxygens (including phenoxy) is 1. The maximum absolute atomic E-state index is 12.7. The molecule has 218 valence electrons. The molecule has 3 fully saturated rings. The number of nitrogens with two attached hydrogens (primary N) is 1. The predicted molar refractivity (Wildman–Crippen MR) is 151 cm³/mol. The van der Waals surface area contributed by atoms with E-state index >= 15 is 0 Å². The lowest BCUT2D eigenvalue weighted by Crippen LogP contribution is -2.60. The van der Waals surface area contributed by atoms with Crippen LogP contribution in [-0.4, -0.2) is 58.6 Å². The lowest BCUT2D eigenvalue weighted by molar-refractivity contribution is -0.155. The highest BCUT2D eigenvalue weighted by molar-refractivity contribution is 7.11. The number of carboxylic acids is 1. The number of amides is 2. The zero-order chi connectivity index (χ0) is 27.8. The molecule has 2 aliphatic carbocycles. The number of hydrogen-bond acceptors (Lipinski definition) is 6. The molecule has 0 bridgehead atoms. The van der Waals surface area contributed by atoms with Gasteiger partial charge in [0.15, 0.2) is 5.01 Å². The van der Waals surface area contributed by atoms with Crippen LogP contribution in [0.2, 0.25) is 0 Å². The summed E-state index contributed by atoms with van der Waals surface area (Å²) in [5.41, 5.74) is 6.29. The van der Waals surface area contributed by atoms with E-state index in [1.54, 1.807) is 7.11 Å². The van der Waals surface area contributed by atoms with E-state index in [9.17, 15) is 19.5 Å². The summed E-state index contributed by atoms with van der Waals surface area (Å²) in [4.78, 5) is 42.2. The van der Waals surface area contributed by atoms with Crippen molar-refractivity contribution < 1.29 is 24.2 Å². The number of carbonyl (C=O) groups excluding carboxylic acids is 2. The first-order valence-corrected chi connectivity index (χ1v) is 16.0. The molecule has 39 heavy (non-hydrogen) atoms. The van der Waals surface area contributed by atoms with Gasteiger partial charge in [-0.3, -0.25) is 14.4 Å². The van der Waals surface area contributed by atoms with Crippen LogP contribution in [0, 0.1) is 23.7 Å². The van der Waals surface area contributed by atoms with Crippen LogP contribution in [0.1, 0.15) is 112 Å². The number of methoxy groups -OCH3 is 1. The molecule has 9 heteroatoms. The molecule has 1 saturated heterocycles. The van der Waals surface area contributed by atoms with E-state index in [1.807, 2.05) is 5.38 Å². The van der Waals surface area contributed by atoms with Crippen LogP contribution in [0.3, 0.4) is 0 Å². The molecule has 4 unspecified atom stereocenters. The van der Waals surface area contributed by atoms with Gasteiger partial charge in [0.1, 0.15) is 0 Å². The number of likely N-dealkylation sites (tertiary alicyclic amines) is 1. The molecule has 2 saturated carbocycles. The highest BCUT2D eigenvalue weighted by atomic mass is 32.1. The van der Waals surface area contributed by atoms with E-state index in [0.717, 1.165) is 69.9 Å². The lowest BCUT2D eigenvalue weighted by atomic mass is 9.77. The Hall–Kier alpha value is -2.00. The molecular weight excluding hydrogens is 514 g/mol. The average Bonchev–Trinajstić information content (AvgIpc) is 3.28. The molecule has 1 aliphatic heterocycles. The summed E-state index contributed by atoms with van der Waals surface area (Å²) >= 11 is 1.33. The third kappa shape index (κ3) is 8.26. The van der Waals surface area contributed by atoms with Gasteiger partial charge < -0.3 is 20.5 Å². The van der Waals surface area contributed by atoms with Gasteiger partial charge in [0.25, 0.3) is 5.91 Å². The maximum Gasteiger partial charge on any atom is 0.306 e. The Morgan fingerprint density at radius 3 is 2.51 bits per heavy atom. The Balaban J connectivity index is 1.18. The lowest BCUT2D eigenvalue weighted by Gasteiger charge is -2.51. The van der Waals surface area contributed by atoms with Crippen LogP contribution in [0.25, 0.3) is 0 Å². The third-order valence-corrected chi connectivity index (χ3v) is 10.6. The van der Waals surface area contributed by atoms with Crippen LogP contribution >= 0.6 is 11.3 Å². The molecule has 8 nitrogen and oxygen atoms in total. The highest BCUT2D eigenvalue weighted by Crippen LogP contribution is 2.42. The SMILES string of the molecule is COCCC(CCCC1CCCC(C2CC(=O)N2C2CCC(CCc3csc(C(N)=O)n3)CC2)CC1)C(=O)O. The second-order valence-corrected chi connectivity index (χ2v) is 13.0. The summed E-state index contributed by atoms with van der Waals surface area (Å²) < 4.78 is 5.08. The topological polar surface area (TPSA) is 123 Å². The van der Waals surface area contributed by atoms with Crippen LogP contribution in [-0.2, 0) is 20.7 Å².